The van der Waals surface area contributed by atoms with Crippen LogP contribution in [0.3, 0.4) is 0 Å². The molecule has 1 aromatic heterocycles. The van der Waals surface area contributed by atoms with Crippen LogP contribution in [0.25, 0.3) is 0 Å². The lowest BCUT2D eigenvalue weighted by Crippen LogP contribution is -2.17. The Labute approximate surface area is 180 Å². The predicted molar refractivity (Wildman–Crippen MR) is 118 cm³/mol. The normalized spacial score (nSPS) is 10.6. The third-order valence-corrected chi connectivity index (χ3v) is 4.27. The number of ether oxygens (including phenoxy) is 2. The second-order valence-corrected chi connectivity index (χ2v) is 6.62. The van der Waals surface area contributed by atoms with Crippen molar-refractivity contribution in [3.63, 3.8) is 0 Å². The minimum atomic E-state index is -0.453. The summed E-state index contributed by atoms with van der Waals surface area (Å²) >= 11 is 0. The fourth-order valence-electron chi connectivity index (χ4n) is 2.54. The monoisotopic (exact) mass is 417 g/mol. The highest BCUT2D eigenvalue weighted by Gasteiger charge is 2.09. The SMILES string of the molecule is CCCCOc1ccc(C(=O)Oc2ccc(/C=N/NC(=O)c3ccncc3)cc2)cc1. The van der Waals surface area contributed by atoms with Gasteiger partial charge in [-0.15, -0.1) is 0 Å². The number of hydrogen-bond acceptors (Lipinski definition) is 6. The van der Waals surface area contributed by atoms with Crippen LogP contribution in [0.5, 0.6) is 11.5 Å². The zero-order valence-corrected chi connectivity index (χ0v) is 17.2. The van der Waals surface area contributed by atoms with Gasteiger partial charge in [0, 0.05) is 18.0 Å². The minimum Gasteiger partial charge on any atom is -0.494 e. The average molecular weight is 417 g/mol. The molecule has 0 saturated carbocycles. The van der Waals surface area contributed by atoms with Crippen molar-refractivity contribution in [1.29, 1.82) is 0 Å². The summed E-state index contributed by atoms with van der Waals surface area (Å²) in [6, 6.07) is 16.8. The number of pyridine rings is 1. The highest BCUT2D eigenvalue weighted by atomic mass is 16.5. The van der Waals surface area contributed by atoms with Crippen LogP contribution in [0.4, 0.5) is 0 Å². The second kappa shape index (κ2) is 11.3. The molecule has 3 rings (SSSR count). The molecule has 31 heavy (non-hydrogen) atoms. The number of carbonyl (C=O) groups excluding carboxylic acids is 2. The van der Waals surface area contributed by atoms with Crippen molar-refractivity contribution in [1.82, 2.24) is 10.4 Å². The summed E-state index contributed by atoms with van der Waals surface area (Å²) in [5.74, 6) is 0.355. The van der Waals surface area contributed by atoms with Gasteiger partial charge >= 0.3 is 5.97 Å². The highest BCUT2D eigenvalue weighted by Crippen LogP contribution is 2.16. The summed E-state index contributed by atoms with van der Waals surface area (Å²) in [5.41, 5.74) is 4.09. The van der Waals surface area contributed by atoms with Crippen LogP contribution >= 0.6 is 0 Å². The maximum absolute atomic E-state index is 12.3. The third-order valence-electron chi connectivity index (χ3n) is 4.27. The summed E-state index contributed by atoms with van der Waals surface area (Å²) in [4.78, 5) is 28.1. The van der Waals surface area contributed by atoms with Crippen LogP contribution in [0.1, 0.15) is 46.0 Å². The van der Waals surface area contributed by atoms with Crippen LogP contribution in [0, 0.1) is 0 Å². The van der Waals surface area contributed by atoms with Crippen LogP contribution in [-0.2, 0) is 0 Å². The molecule has 0 bridgehead atoms. The molecular formula is C24H23N3O4. The van der Waals surface area contributed by atoms with Gasteiger partial charge in [-0.2, -0.15) is 5.10 Å². The van der Waals surface area contributed by atoms with Gasteiger partial charge in [-0.3, -0.25) is 9.78 Å². The number of unbranched alkanes of at least 4 members (excludes halogenated alkanes) is 1. The Morgan fingerprint density at radius 3 is 2.29 bits per heavy atom. The Morgan fingerprint density at radius 1 is 0.935 bits per heavy atom. The summed E-state index contributed by atoms with van der Waals surface area (Å²) < 4.78 is 11.0. The van der Waals surface area contributed by atoms with Crippen molar-refractivity contribution in [3.05, 3.63) is 89.7 Å². The van der Waals surface area contributed by atoms with Crippen molar-refractivity contribution >= 4 is 18.1 Å². The molecule has 0 saturated heterocycles. The first-order chi connectivity index (χ1) is 15.2. The smallest absolute Gasteiger partial charge is 0.343 e. The molecule has 0 radical (unpaired) electrons. The fraction of sp³-hybridized carbons (Fsp3) is 0.167. The first-order valence-electron chi connectivity index (χ1n) is 9.94. The zero-order chi connectivity index (χ0) is 21.9. The Balaban J connectivity index is 1.50. The molecule has 7 heteroatoms. The van der Waals surface area contributed by atoms with E-state index in [0.717, 1.165) is 24.2 Å². The molecular weight excluding hydrogens is 394 g/mol. The lowest BCUT2D eigenvalue weighted by Gasteiger charge is -2.07. The largest absolute Gasteiger partial charge is 0.494 e. The third kappa shape index (κ3) is 6.78. The minimum absolute atomic E-state index is 0.328. The van der Waals surface area contributed by atoms with Crippen molar-refractivity contribution < 1.29 is 19.1 Å². The zero-order valence-electron chi connectivity index (χ0n) is 17.2. The number of esters is 1. The number of benzene rings is 2. The standard InChI is InChI=1S/C24H23N3O4/c1-2-3-16-30-21-10-6-20(7-11-21)24(29)31-22-8-4-18(5-9-22)17-26-27-23(28)19-12-14-25-15-13-19/h4-15,17H,2-3,16H2,1H3,(H,27,28)/b26-17+. The molecule has 3 aromatic rings. The maximum Gasteiger partial charge on any atom is 0.343 e. The van der Waals surface area contributed by atoms with Gasteiger partial charge in [0.15, 0.2) is 0 Å². The van der Waals surface area contributed by atoms with Gasteiger partial charge in [-0.1, -0.05) is 13.3 Å². The molecule has 1 N–H and O–H groups in total. The molecule has 1 amide bonds. The van der Waals surface area contributed by atoms with E-state index in [0.29, 0.717) is 23.5 Å². The second-order valence-electron chi connectivity index (χ2n) is 6.62. The molecule has 0 spiro atoms. The number of carbonyl (C=O) groups is 2. The highest BCUT2D eigenvalue weighted by molar-refractivity contribution is 5.94. The topological polar surface area (TPSA) is 89.9 Å². The molecule has 0 fully saturated rings. The number of hydrogen-bond donors (Lipinski definition) is 1. The van der Waals surface area contributed by atoms with Gasteiger partial charge < -0.3 is 9.47 Å². The van der Waals surface area contributed by atoms with Gasteiger partial charge in [0.2, 0.25) is 0 Å². The van der Waals surface area contributed by atoms with Crippen LogP contribution in [0.15, 0.2) is 78.2 Å². The lowest BCUT2D eigenvalue weighted by molar-refractivity contribution is 0.0734. The van der Waals surface area contributed by atoms with E-state index in [9.17, 15) is 9.59 Å². The first kappa shape index (κ1) is 21.7. The van der Waals surface area contributed by atoms with Crippen molar-refractivity contribution in [2.45, 2.75) is 19.8 Å². The van der Waals surface area contributed by atoms with Gasteiger partial charge in [-0.25, -0.2) is 10.2 Å². The average Bonchev–Trinajstić information content (AvgIpc) is 2.81. The molecule has 7 nitrogen and oxygen atoms in total. The molecule has 0 aliphatic heterocycles. The fourth-order valence-corrected chi connectivity index (χ4v) is 2.54. The summed E-state index contributed by atoms with van der Waals surface area (Å²) in [6.07, 6.45) is 6.63. The van der Waals surface area contributed by atoms with E-state index >= 15 is 0 Å². The van der Waals surface area contributed by atoms with Crippen LogP contribution < -0.4 is 14.9 Å². The van der Waals surface area contributed by atoms with E-state index in [4.69, 9.17) is 9.47 Å². The number of aromatic nitrogens is 1. The van der Waals surface area contributed by atoms with E-state index in [1.807, 2.05) is 0 Å². The van der Waals surface area contributed by atoms with E-state index < -0.39 is 5.97 Å². The Morgan fingerprint density at radius 2 is 1.61 bits per heavy atom. The Kier molecular flexibility index (Phi) is 7.88. The summed E-state index contributed by atoms with van der Waals surface area (Å²) in [5, 5.41) is 3.93. The Bertz CT molecular complexity index is 1020. The molecule has 0 unspecified atom stereocenters. The van der Waals surface area contributed by atoms with Crippen LogP contribution in [-0.4, -0.2) is 29.7 Å². The summed E-state index contributed by atoms with van der Waals surface area (Å²) in [6.45, 7) is 2.76. The molecule has 0 atom stereocenters. The molecule has 1 heterocycles. The summed E-state index contributed by atoms with van der Waals surface area (Å²) in [7, 11) is 0. The number of rotatable bonds is 9. The van der Waals surface area contributed by atoms with Crippen molar-refractivity contribution in [2.75, 3.05) is 6.61 Å². The van der Waals surface area contributed by atoms with Gasteiger partial charge in [0.05, 0.1) is 18.4 Å². The first-order valence-corrected chi connectivity index (χ1v) is 9.94. The quantitative estimate of drug-likeness (QED) is 0.185. The number of hydrazone groups is 1. The molecule has 0 aliphatic carbocycles. The van der Waals surface area contributed by atoms with Gasteiger partial charge in [0.25, 0.3) is 5.91 Å². The number of nitrogens with zero attached hydrogens (tertiary/aromatic N) is 2. The van der Waals surface area contributed by atoms with Crippen molar-refractivity contribution in [2.24, 2.45) is 5.10 Å². The van der Waals surface area contributed by atoms with Gasteiger partial charge in [-0.05, 0) is 72.6 Å². The van der Waals surface area contributed by atoms with Crippen molar-refractivity contribution in [3.8, 4) is 11.5 Å². The van der Waals surface area contributed by atoms with Crippen LogP contribution in [0.2, 0.25) is 0 Å². The maximum atomic E-state index is 12.3. The Hall–Kier alpha value is -4.00. The molecule has 158 valence electrons. The van der Waals surface area contributed by atoms with Gasteiger partial charge in [0.1, 0.15) is 11.5 Å². The number of nitrogens with one attached hydrogen (secondary N) is 1. The lowest BCUT2D eigenvalue weighted by atomic mass is 10.2. The number of amides is 1. The van der Waals surface area contributed by atoms with E-state index in [1.54, 1.807) is 60.7 Å². The van der Waals surface area contributed by atoms with E-state index in [1.165, 1.54) is 18.6 Å². The van der Waals surface area contributed by atoms with E-state index in [2.05, 4.69) is 22.4 Å². The van der Waals surface area contributed by atoms with E-state index in [-0.39, 0.29) is 5.91 Å². The molecule has 2 aromatic carbocycles. The molecule has 0 aliphatic rings. The predicted octanol–water partition coefficient (Wildman–Crippen LogP) is 4.24.